The van der Waals surface area contributed by atoms with Crippen LogP contribution in [0.1, 0.15) is 16.1 Å². The fourth-order valence-corrected chi connectivity index (χ4v) is 4.20. The fourth-order valence-electron chi connectivity index (χ4n) is 3.17. The quantitative estimate of drug-likeness (QED) is 0.240. The van der Waals surface area contributed by atoms with E-state index < -0.39 is 10.0 Å². The van der Waals surface area contributed by atoms with Gasteiger partial charge in [-0.15, -0.1) is 24.0 Å². The lowest BCUT2D eigenvalue weighted by atomic mass is 10.2. The zero-order valence-electron chi connectivity index (χ0n) is 17.6. The van der Waals surface area contributed by atoms with Crippen molar-refractivity contribution in [1.82, 2.24) is 19.8 Å². The summed E-state index contributed by atoms with van der Waals surface area (Å²) in [6.45, 7) is 4.89. The minimum Gasteiger partial charge on any atom is -0.459 e. The number of benzene rings is 1. The van der Waals surface area contributed by atoms with Crippen molar-refractivity contribution >= 4 is 45.9 Å². The van der Waals surface area contributed by atoms with Gasteiger partial charge in [0.05, 0.1) is 11.2 Å². The van der Waals surface area contributed by atoms with Gasteiger partial charge >= 0.3 is 0 Å². The fraction of sp³-hybridized carbons (Fsp3) is 0.400. The van der Waals surface area contributed by atoms with Crippen LogP contribution in [0.15, 0.2) is 57.0 Å². The molecule has 1 aliphatic heterocycles. The summed E-state index contributed by atoms with van der Waals surface area (Å²) in [4.78, 5) is 20.7. The lowest BCUT2D eigenvalue weighted by molar-refractivity contribution is 0.0658. The maximum Gasteiger partial charge on any atom is 0.289 e. The molecule has 1 amide bonds. The van der Waals surface area contributed by atoms with Crippen LogP contribution in [-0.4, -0.2) is 76.4 Å². The molecule has 0 spiro atoms. The smallest absolute Gasteiger partial charge is 0.289 e. The Bertz CT molecular complexity index is 970. The zero-order valence-corrected chi connectivity index (χ0v) is 20.7. The molecule has 0 radical (unpaired) electrons. The normalized spacial score (nSPS) is 14.8. The highest BCUT2D eigenvalue weighted by Crippen LogP contribution is 2.10. The molecule has 2 heterocycles. The first-order chi connectivity index (χ1) is 14.4. The highest BCUT2D eigenvalue weighted by atomic mass is 127. The predicted octanol–water partition coefficient (Wildman–Crippen LogP) is 1.52. The highest BCUT2D eigenvalue weighted by Gasteiger charge is 2.25. The molecule has 0 atom stereocenters. The van der Waals surface area contributed by atoms with E-state index >= 15 is 0 Å². The van der Waals surface area contributed by atoms with E-state index in [2.05, 4.69) is 15.0 Å². The summed E-state index contributed by atoms with van der Waals surface area (Å²) in [5.74, 6) is 0.898. The van der Waals surface area contributed by atoms with Crippen LogP contribution in [-0.2, 0) is 10.0 Å². The Morgan fingerprint density at radius 2 is 1.71 bits per heavy atom. The Hall–Kier alpha value is -2.12. The van der Waals surface area contributed by atoms with Crippen LogP contribution in [0, 0.1) is 6.92 Å². The molecule has 1 saturated heterocycles. The van der Waals surface area contributed by atoms with E-state index in [0.29, 0.717) is 44.4 Å². The standard InChI is InChI=1S/C20H27N5O4S.HI/c1-16-5-7-17(8-6-16)30(27,28)23-10-9-22-20(21-2)25-13-11-24(12-14-25)19(26)18-4-3-15-29-18;/h3-8,15,23H,9-14H2,1-2H3,(H,21,22);1H. The number of guanidine groups is 1. The lowest BCUT2D eigenvalue weighted by Crippen LogP contribution is -2.54. The first-order valence-corrected chi connectivity index (χ1v) is 11.2. The molecule has 1 aromatic heterocycles. The van der Waals surface area contributed by atoms with Gasteiger partial charge in [-0.2, -0.15) is 0 Å². The molecule has 3 rings (SSSR count). The summed E-state index contributed by atoms with van der Waals surface area (Å²) in [5.41, 5.74) is 1.00. The van der Waals surface area contributed by atoms with Crippen LogP contribution in [0.3, 0.4) is 0 Å². The molecule has 2 N–H and O–H groups in total. The van der Waals surface area contributed by atoms with Gasteiger partial charge in [-0.05, 0) is 31.2 Å². The zero-order chi connectivity index (χ0) is 21.6. The number of nitrogens with one attached hydrogen (secondary N) is 2. The molecule has 31 heavy (non-hydrogen) atoms. The Morgan fingerprint density at radius 1 is 1.06 bits per heavy atom. The van der Waals surface area contributed by atoms with E-state index in [1.807, 2.05) is 11.8 Å². The maximum absolute atomic E-state index is 12.3. The molecule has 1 aromatic carbocycles. The van der Waals surface area contributed by atoms with Gasteiger partial charge in [0.25, 0.3) is 5.91 Å². The summed E-state index contributed by atoms with van der Waals surface area (Å²) in [5, 5.41) is 3.17. The number of furan rings is 1. The number of carbonyl (C=O) groups excluding carboxylic acids is 1. The first-order valence-electron chi connectivity index (χ1n) is 9.75. The van der Waals surface area contributed by atoms with E-state index in [1.165, 1.54) is 6.26 Å². The summed E-state index contributed by atoms with van der Waals surface area (Å²) >= 11 is 0. The van der Waals surface area contributed by atoms with E-state index in [0.717, 1.165) is 5.56 Å². The van der Waals surface area contributed by atoms with Crippen molar-refractivity contribution in [2.45, 2.75) is 11.8 Å². The monoisotopic (exact) mass is 561 g/mol. The Balaban J connectivity index is 0.00000341. The van der Waals surface area contributed by atoms with Crippen LogP contribution >= 0.6 is 24.0 Å². The summed E-state index contributed by atoms with van der Waals surface area (Å²) < 4.78 is 32.4. The molecule has 1 aliphatic rings. The molecule has 9 nitrogen and oxygen atoms in total. The van der Waals surface area contributed by atoms with Crippen LogP contribution in [0.25, 0.3) is 0 Å². The van der Waals surface area contributed by atoms with Crippen LogP contribution in [0.2, 0.25) is 0 Å². The third kappa shape index (κ3) is 6.68. The largest absolute Gasteiger partial charge is 0.459 e. The number of aryl methyl sites for hydroxylation is 1. The van der Waals surface area contributed by atoms with E-state index in [4.69, 9.17) is 4.42 Å². The van der Waals surface area contributed by atoms with Crippen LogP contribution < -0.4 is 10.0 Å². The second-order valence-corrected chi connectivity index (χ2v) is 8.71. The maximum atomic E-state index is 12.3. The summed E-state index contributed by atoms with van der Waals surface area (Å²) in [6, 6.07) is 10.1. The van der Waals surface area contributed by atoms with Crippen molar-refractivity contribution in [2.75, 3.05) is 46.3 Å². The molecule has 11 heteroatoms. The molecule has 0 bridgehead atoms. The topological polar surface area (TPSA) is 107 Å². The Kier molecular flexibility index (Phi) is 9.32. The number of sulfonamides is 1. The first kappa shape index (κ1) is 25.1. The molecule has 0 aliphatic carbocycles. The number of hydrogen-bond donors (Lipinski definition) is 2. The molecular weight excluding hydrogens is 533 g/mol. The van der Waals surface area contributed by atoms with Gasteiger partial charge in [-0.3, -0.25) is 9.79 Å². The van der Waals surface area contributed by atoms with Gasteiger partial charge in [-0.25, -0.2) is 13.1 Å². The number of carbonyl (C=O) groups is 1. The van der Waals surface area contributed by atoms with E-state index in [-0.39, 0.29) is 41.3 Å². The number of amides is 1. The Labute approximate surface area is 200 Å². The predicted molar refractivity (Wildman–Crippen MR) is 129 cm³/mol. The minimum atomic E-state index is -3.54. The van der Waals surface area contributed by atoms with Gasteiger partial charge in [0.2, 0.25) is 10.0 Å². The molecule has 0 unspecified atom stereocenters. The highest BCUT2D eigenvalue weighted by molar-refractivity contribution is 14.0. The van der Waals surface area contributed by atoms with Crippen LogP contribution in [0.4, 0.5) is 0 Å². The average molecular weight is 561 g/mol. The third-order valence-corrected chi connectivity index (χ3v) is 6.32. The molecule has 2 aromatic rings. The van der Waals surface area contributed by atoms with E-state index in [9.17, 15) is 13.2 Å². The van der Waals surface area contributed by atoms with Gasteiger partial charge in [0, 0.05) is 46.3 Å². The van der Waals surface area contributed by atoms with Gasteiger partial charge < -0.3 is 19.5 Å². The molecule has 1 fully saturated rings. The Morgan fingerprint density at radius 3 is 2.29 bits per heavy atom. The van der Waals surface area contributed by atoms with Gasteiger partial charge in [0.1, 0.15) is 0 Å². The summed E-state index contributed by atoms with van der Waals surface area (Å²) in [7, 11) is -1.86. The van der Waals surface area contributed by atoms with Gasteiger partial charge in [0.15, 0.2) is 11.7 Å². The average Bonchev–Trinajstić information content (AvgIpc) is 3.29. The van der Waals surface area contributed by atoms with Crippen molar-refractivity contribution in [3.63, 3.8) is 0 Å². The van der Waals surface area contributed by atoms with Crippen molar-refractivity contribution in [2.24, 2.45) is 4.99 Å². The number of piperazine rings is 1. The molecule has 0 saturated carbocycles. The number of nitrogens with zero attached hydrogens (tertiary/aromatic N) is 3. The second-order valence-electron chi connectivity index (χ2n) is 6.94. The number of aliphatic imine (C=N–C) groups is 1. The van der Waals surface area contributed by atoms with Crippen LogP contribution in [0.5, 0.6) is 0 Å². The van der Waals surface area contributed by atoms with Crippen molar-refractivity contribution in [3.05, 3.63) is 54.0 Å². The minimum absolute atomic E-state index is 0. The third-order valence-electron chi connectivity index (χ3n) is 4.84. The van der Waals surface area contributed by atoms with E-state index in [1.54, 1.807) is 48.3 Å². The van der Waals surface area contributed by atoms with Crippen molar-refractivity contribution < 1.29 is 17.6 Å². The van der Waals surface area contributed by atoms with Gasteiger partial charge in [-0.1, -0.05) is 17.7 Å². The van der Waals surface area contributed by atoms with Crippen molar-refractivity contribution in [3.8, 4) is 0 Å². The molecular formula is C20H28IN5O4S. The lowest BCUT2D eigenvalue weighted by Gasteiger charge is -2.36. The summed E-state index contributed by atoms with van der Waals surface area (Å²) in [6.07, 6.45) is 1.49. The second kappa shape index (κ2) is 11.5. The number of hydrogen-bond acceptors (Lipinski definition) is 5. The number of halogens is 1. The molecule has 170 valence electrons. The van der Waals surface area contributed by atoms with Crippen molar-refractivity contribution in [1.29, 1.82) is 0 Å². The SMILES string of the molecule is CN=C(NCCNS(=O)(=O)c1ccc(C)cc1)N1CCN(C(=O)c2ccco2)CC1.I. The number of rotatable bonds is 6.